The van der Waals surface area contributed by atoms with Gasteiger partial charge in [-0.2, -0.15) is 9.78 Å². The summed E-state index contributed by atoms with van der Waals surface area (Å²) in [5, 5.41) is 14.9. The van der Waals surface area contributed by atoms with Crippen molar-refractivity contribution in [1.29, 1.82) is 0 Å². The number of para-hydroxylation sites is 1. The molecule has 2 heterocycles. The first-order valence-corrected chi connectivity index (χ1v) is 8.62. The van der Waals surface area contributed by atoms with Gasteiger partial charge >= 0.3 is 0 Å². The average molecular weight is 353 g/mol. The fourth-order valence-electron chi connectivity index (χ4n) is 3.28. The normalized spacial score (nSPS) is 11.3. The van der Waals surface area contributed by atoms with Crippen molar-refractivity contribution in [2.24, 2.45) is 0 Å². The van der Waals surface area contributed by atoms with Gasteiger partial charge in [-0.3, -0.25) is 4.79 Å². The Hall–Kier alpha value is -3.80. The smallest absolute Gasteiger partial charge is 0.267 e. The summed E-state index contributed by atoms with van der Waals surface area (Å²) >= 11 is 0. The van der Waals surface area contributed by atoms with Crippen LogP contribution in [0.25, 0.3) is 27.6 Å². The molecule has 0 unspecified atom stereocenters. The molecule has 0 aliphatic rings. The van der Waals surface area contributed by atoms with Crippen LogP contribution in [0.5, 0.6) is 0 Å². The monoisotopic (exact) mass is 353 g/mol. The molecule has 5 aromatic rings. The van der Waals surface area contributed by atoms with E-state index in [0.717, 1.165) is 22.2 Å². The molecule has 130 valence electrons. The summed E-state index contributed by atoms with van der Waals surface area (Å²) in [6.07, 6.45) is 0. The Balaban J connectivity index is 1.69. The number of aryl methyl sites for hydroxylation is 1. The van der Waals surface area contributed by atoms with Crippen molar-refractivity contribution in [2.75, 3.05) is 0 Å². The SMILES string of the molecule is Cc1nn(-c2ccccc2)c2c1nnn2C(=O)c1ccc2ccccc2c1. The predicted octanol–water partition coefficient (Wildman–Crippen LogP) is 3.77. The van der Waals surface area contributed by atoms with E-state index in [1.165, 1.54) is 4.68 Å². The summed E-state index contributed by atoms with van der Waals surface area (Å²) in [6.45, 7) is 1.86. The number of benzene rings is 3. The molecule has 6 heteroatoms. The second-order valence-electron chi connectivity index (χ2n) is 6.37. The number of nitrogens with zero attached hydrogens (tertiary/aromatic N) is 5. The van der Waals surface area contributed by atoms with Crippen molar-refractivity contribution in [1.82, 2.24) is 24.8 Å². The molecule has 27 heavy (non-hydrogen) atoms. The Labute approximate surface area is 154 Å². The zero-order valence-corrected chi connectivity index (χ0v) is 14.6. The number of carbonyl (C=O) groups excluding carboxylic acids is 1. The van der Waals surface area contributed by atoms with E-state index >= 15 is 0 Å². The molecule has 0 bridgehead atoms. The van der Waals surface area contributed by atoms with Gasteiger partial charge in [0.15, 0.2) is 11.2 Å². The lowest BCUT2D eigenvalue weighted by Gasteiger charge is -2.06. The Morgan fingerprint density at radius 1 is 0.889 bits per heavy atom. The second kappa shape index (κ2) is 5.88. The first-order valence-electron chi connectivity index (χ1n) is 8.62. The van der Waals surface area contributed by atoms with E-state index in [-0.39, 0.29) is 5.91 Å². The van der Waals surface area contributed by atoms with Crippen molar-refractivity contribution in [3.8, 4) is 5.69 Å². The zero-order valence-electron chi connectivity index (χ0n) is 14.6. The summed E-state index contributed by atoms with van der Waals surface area (Å²) in [7, 11) is 0. The molecular formula is C21H15N5O. The van der Waals surface area contributed by atoms with Crippen LogP contribution < -0.4 is 0 Å². The predicted molar refractivity (Wildman–Crippen MR) is 103 cm³/mol. The maximum Gasteiger partial charge on any atom is 0.281 e. The highest BCUT2D eigenvalue weighted by atomic mass is 16.2. The Kier molecular flexibility index (Phi) is 3.36. The van der Waals surface area contributed by atoms with Gasteiger partial charge in [0, 0.05) is 5.56 Å². The molecule has 0 aliphatic heterocycles. The summed E-state index contributed by atoms with van der Waals surface area (Å²) < 4.78 is 3.04. The van der Waals surface area contributed by atoms with Crippen LogP contribution in [0.2, 0.25) is 0 Å². The fraction of sp³-hybridized carbons (Fsp3) is 0.0476. The highest BCUT2D eigenvalue weighted by molar-refractivity contribution is 6.02. The fourth-order valence-corrected chi connectivity index (χ4v) is 3.28. The Bertz CT molecular complexity index is 1300. The molecule has 0 N–H and O–H groups in total. The van der Waals surface area contributed by atoms with Crippen LogP contribution >= 0.6 is 0 Å². The molecule has 0 saturated heterocycles. The number of fused-ring (bicyclic) bond motifs is 2. The molecule has 0 saturated carbocycles. The van der Waals surface area contributed by atoms with Crippen molar-refractivity contribution >= 4 is 27.8 Å². The lowest BCUT2D eigenvalue weighted by atomic mass is 10.1. The van der Waals surface area contributed by atoms with E-state index in [0.29, 0.717) is 16.7 Å². The van der Waals surface area contributed by atoms with Crippen LogP contribution in [0.4, 0.5) is 0 Å². The van der Waals surface area contributed by atoms with Crippen LogP contribution in [0.3, 0.4) is 0 Å². The van der Waals surface area contributed by atoms with Crippen LogP contribution in [0, 0.1) is 6.92 Å². The number of rotatable bonds is 2. The van der Waals surface area contributed by atoms with Crippen molar-refractivity contribution in [3.05, 3.63) is 84.1 Å². The summed E-state index contributed by atoms with van der Waals surface area (Å²) in [5.41, 5.74) is 3.32. The Morgan fingerprint density at radius 3 is 2.44 bits per heavy atom. The van der Waals surface area contributed by atoms with E-state index in [1.807, 2.05) is 79.7 Å². The summed E-state index contributed by atoms with van der Waals surface area (Å²) in [5.74, 6) is -0.236. The van der Waals surface area contributed by atoms with E-state index in [2.05, 4.69) is 15.4 Å². The molecule has 0 fully saturated rings. The van der Waals surface area contributed by atoms with Crippen molar-refractivity contribution < 1.29 is 4.79 Å². The number of hydrogen-bond donors (Lipinski definition) is 0. The minimum Gasteiger partial charge on any atom is -0.267 e. The van der Waals surface area contributed by atoms with Crippen LogP contribution in [0.1, 0.15) is 16.1 Å². The molecule has 0 amide bonds. The topological polar surface area (TPSA) is 65.6 Å². The third-order valence-corrected chi connectivity index (χ3v) is 4.63. The maximum absolute atomic E-state index is 13.2. The standard InChI is InChI=1S/C21H15N5O/c1-14-19-20(25(23-14)18-9-3-2-4-10-18)26(24-22-19)21(27)17-12-11-15-7-5-6-8-16(15)13-17/h2-13H,1H3. The first-order chi connectivity index (χ1) is 13.2. The highest BCUT2D eigenvalue weighted by Gasteiger charge is 2.21. The number of hydrogen-bond acceptors (Lipinski definition) is 4. The quantitative estimate of drug-likeness (QED) is 0.485. The minimum atomic E-state index is -0.236. The van der Waals surface area contributed by atoms with Gasteiger partial charge < -0.3 is 0 Å². The first kappa shape index (κ1) is 15.5. The molecule has 0 radical (unpaired) electrons. The van der Waals surface area contributed by atoms with Gasteiger partial charge in [-0.15, -0.1) is 5.10 Å². The third-order valence-electron chi connectivity index (χ3n) is 4.63. The number of carbonyl (C=O) groups is 1. The van der Waals surface area contributed by atoms with Gasteiger partial charge in [0.25, 0.3) is 5.91 Å². The van der Waals surface area contributed by atoms with Crippen molar-refractivity contribution in [2.45, 2.75) is 6.92 Å². The summed E-state index contributed by atoms with van der Waals surface area (Å²) in [4.78, 5) is 13.2. The molecule has 0 spiro atoms. The third kappa shape index (κ3) is 2.42. The lowest BCUT2D eigenvalue weighted by Crippen LogP contribution is -2.16. The van der Waals surface area contributed by atoms with E-state index in [1.54, 1.807) is 4.68 Å². The Morgan fingerprint density at radius 2 is 1.63 bits per heavy atom. The largest absolute Gasteiger partial charge is 0.281 e. The lowest BCUT2D eigenvalue weighted by molar-refractivity contribution is 0.0947. The highest BCUT2D eigenvalue weighted by Crippen LogP contribution is 2.22. The maximum atomic E-state index is 13.2. The van der Waals surface area contributed by atoms with Gasteiger partial charge in [0.1, 0.15) is 0 Å². The van der Waals surface area contributed by atoms with Crippen molar-refractivity contribution in [3.63, 3.8) is 0 Å². The van der Waals surface area contributed by atoms with Gasteiger partial charge in [-0.05, 0) is 42.0 Å². The molecule has 2 aromatic heterocycles. The molecular weight excluding hydrogens is 338 g/mol. The minimum absolute atomic E-state index is 0.236. The molecule has 5 rings (SSSR count). The average Bonchev–Trinajstić information content (AvgIpc) is 3.29. The van der Waals surface area contributed by atoms with Crippen LogP contribution in [-0.4, -0.2) is 30.7 Å². The van der Waals surface area contributed by atoms with Crippen LogP contribution in [0.15, 0.2) is 72.8 Å². The zero-order chi connectivity index (χ0) is 18.4. The molecule has 6 nitrogen and oxygen atoms in total. The van der Waals surface area contributed by atoms with E-state index in [4.69, 9.17) is 0 Å². The van der Waals surface area contributed by atoms with Gasteiger partial charge in [-0.1, -0.05) is 53.7 Å². The van der Waals surface area contributed by atoms with E-state index in [9.17, 15) is 4.79 Å². The van der Waals surface area contributed by atoms with Gasteiger partial charge in [0.05, 0.1) is 11.4 Å². The molecule has 0 atom stereocenters. The molecule has 0 aliphatic carbocycles. The molecule has 3 aromatic carbocycles. The number of aromatic nitrogens is 5. The second-order valence-corrected chi connectivity index (χ2v) is 6.37. The summed E-state index contributed by atoms with van der Waals surface area (Å²) in [6, 6.07) is 23.2. The van der Waals surface area contributed by atoms with Crippen LogP contribution in [-0.2, 0) is 0 Å². The van der Waals surface area contributed by atoms with Gasteiger partial charge in [0.2, 0.25) is 0 Å². The van der Waals surface area contributed by atoms with E-state index < -0.39 is 0 Å². The van der Waals surface area contributed by atoms with Gasteiger partial charge in [-0.25, -0.2) is 4.68 Å².